The van der Waals surface area contributed by atoms with Crippen LogP contribution in [0.15, 0.2) is 78.1 Å². The molecule has 2 aromatic carbocycles. The van der Waals surface area contributed by atoms with E-state index in [0.29, 0.717) is 16.3 Å². The van der Waals surface area contributed by atoms with Crippen LogP contribution in [0.25, 0.3) is 0 Å². The van der Waals surface area contributed by atoms with Gasteiger partial charge in [-0.2, -0.15) is 4.98 Å². The Morgan fingerprint density at radius 3 is 2.22 bits per heavy atom. The SMILES string of the molecule is CSc1nccc(OC(NC(=O)c2ccccc2)C(=O)c2ccccc2)n1. The van der Waals surface area contributed by atoms with E-state index in [9.17, 15) is 9.59 Å². The lowest BCUT2D eigenvalue weighted by Gasteiger charge is -2.19. The van der Waals surface area contributed by atoms with Gasteiger partial charge in [-0.05, 0) is 18.4 Å². The summed E-state index contributed by atoms with van der Waals surface area (Å²) in [6, 6.07) is 18.8. The van der Waals surface area contributed by atoms with Crippen molar-refractivity contribution >= 4 is 23.5 Å². The number of benzene rings is 2. The monoisotopic (exact) mass is 379 g/mol. The first-order valence-corrected chi connectivity index (χ1v) is 9.38. The molecule has 0 saturated heterocycles. The zero-order valence-electron chi connectivity index (χ0n) is 14.5. The van der Waals surface area contributed by atoms with Crippen molar-refractivity contribution in [1.29, 1.82) is 0 Å². The minimum Gasteiger partial charge on any atom is -0.446 e. The predicted molar refractivity (Wildman–Crippen MR) is 103 cm³/mol. The maximum Gasteiger partial charge on any atom is 0.254 e. The predicted octanol–water partition coefficient (Wildman–Crippen LogP) is 3.22. The summed E-state index contributed by atoms with van der Waals surface area (Å²) in [5, 5.41) is 3.15. The van der Waals surface area contributed by atoms with E-state index in [2.05, 4.69) is 15.3 Å². The van der Waals surface area contributed by atoms with Crippen molar-refractivity contribution in [2.45, 2.75) is 11.4 Å². The number of thioether (sulfide) groups is 1. The van der Waals surface area contributed by atoms with E-state index < -0.39 is 12.1 Å². The van der Waals surface area contributed by atoms with E-state index in [1.54, 1.807) is 54.6 Å². The smallest absolute Gasteiger partial charge is 0.254 e. The van der Waals surface area contributed by atoms with Gasteiger partial charge in [0.1, 0.15) is 0 Å². The van der Waals surface area contributed by atoms with Gasteiger partial charge in [-0.1, -0.05) is 60.3 Å². The zero-order chi connectivity index (χ0) is 19.1. The molecule has 0 aliphatic heterocycles. The molecule has 7 heteroatoms. The van der Waals surface area contributed by atoms with Crippen LogP contribution in [0.3, 0.4) is 0 Å². The molecule has 0 saturated carbocycles. The molecule has 1 amide bonds. The Balaban J connectivity index is 1.86. The molecule has 0 radical (unpaired) electrons. The molecule has 27 heavy (non-hydrogen) atoms. The number of nitrogens with one attached hydrogen (secondary N) is 1. The number of nitrogens with zero attached hydrogens (tertiary/aromatic N) is 2. The van der Waals surface area contributed by atoms with Crippen molar-refractivity contribution in [2.75, 3.05) is 6.26 Å². The lowest BCUT2D eigenvalue weighted by atomic mass is 10.1. The first-order chi connectivity index (χ1) is 13.2. The largest absolute Gasteiger partial charge is 0.446 e. The average Bonchev–Trinajstić information content (AvgIpc) is 2.74. The van der Waals surface area contributed by atoms with Gasteiger partial charge in [0, 0.05) is 23.4 Å². The number of ketones is 1. The molecule has 1 heterocycles. The van der Waals surface area contributed by atoms with E-state index in [4.69, 9.17) is 4.74 Å². The number of hydrogen-bond acceptors (Lipinski definition) is 6. The highest BCUT2D eigenvalue weighted by molar-refractivity contribution is 7.98. The fourth-order valence-electron chi connectivity index (χ4n) is 2.30. The highest BCUT2D eigenvalue weighted by Crippen LogP contribution is 2.15. The fourth-order valence-corrected chi connectivity index (χ4v) is 2.65. The third-order valence-electron chi connectivity index (χ3n) is 3.62. The Morgan fingerprint density at radius 2 is 1.59 bits per heavy atom. The first kappa shape index (κ1) is 18.6. The molecule has 3 aromatic rings. The number of carbonyl (C=O) groups is 2. The molecule has 136 valence electrons. The van der Waals surface area contributed by atoms with Crippen LogP contribution in [-0.4, -0.2) is 34.1 Å². The molecule has 0 spiro atoms. The summed E-state index contributed by atoms with van der Waals surface area (Å²) in [5.74, 6) is -0.579. The maximum atomic E-state index is 12.9. The van der Waals surface area contributed by atoms with Crippen molar-refractivity contribution < 1.29 is 14.3 Å². The van der Waals surface area contributed by atoms with Gasteiger partial charge in [0.2, 0.25) is 17.9 Å². The summed E-state index contributed by atoms with van der Waals surface area (Å²) in [7, 11) is 0. The highest BCUT2D eigenvalue weighted by Gasteiger charge is 2.25. The number of aromatic nitrogens is 2. The molecule has 6 nitrogen and oxygen atoms in total. The van der Waals surface area contributed by atoms with E-state index in [-0.39, 0.29) is 11.7 Å². The molecule has 0 aliphatic rings. The van der Waals surface area contributed by atoms with Gasteiger partial charge in [0.05, 0.1) is 0 Å². The Morgan fingerprint density at radius 1 is 0.963 bits per heavy atom. The van der Waals surface area contributed by atoms with Gasteiger partial charge in [-0.25, -0.2) is 4.98 Å². The summed E-state index contributed by atoms with van der Waals surface area (Å²) in [6.07, 6.45) is 2.16. The molecule has 0 fully saturated rings. The Hall–Kier alpha value is -3.19. The Bertz CT molecular complexity index is 920. The topological polar surface area (TPSA) is 81.2 Å². The third-order valence-corrected chi connectivity index (χ3v) is 4.19. The quantitative estimate of drug-likeness (QED) is 0.294. The van der Waals surface area contributed by atoms with E-state index in [1.807, 2.05) is 18.4 Å². The van der Waals surface area contributed by atoms with Crippen molar-refractivity contribution in [2.24, 2.45) is 0 Å². The van der Waals surface area contributed by atoms with Crippen LogP contribution in [0.5, 0.6) is 5.88 Å². The van der Waals surface area contributed by atoms with E-state index in [0.717, 1.165) is 0 Å². The molecule has 0 bridgehead atoms. The van der Waals surface area contributed by atoms with Gasteiger partial charge >= 0.3 is 0 Å². The minimum atomic E-state index is -1.22. The van der Waals surface area contributed by atoms with Crippen LogP contribution in [0.2, 0.25) is 0 Å². The molecule has 3 rings (SSSR count). The van der Waals surface area contributed by atoms with Gasteiger partial charge in [-0.3, -0.25) is 9.59 Å². The highest BCUT2D eigenvalue weighted by atomic mass is 32.2. The summed E-state index contributed by atoms with van der Waals surface area (Å²) in [4.78, 5) is 33.7. The van der Waals surface area contributed by atoms with Gasteiger partial charge in [0.15, 0.2) is 5.16 Å². The van der Waals surface area contributed by atoms with Crippen LogP contribution in [0.4, 0.5) is 0 Å². The van der Waals surface area contributed by atoms with Crippen LogP contribution in [-0.2, 0) is 0 Å². The van der Waals surface area contributed by atoms with Crippen molar-refractivity contribution in [3.05, 3.63) is 84.1 Å². The minimum absolute atomic E-state index is 0.206. The Labute approximate surface area is 161 Å². The number of rotatable bonds is 7. The van der Waals surface area contributed by atoms with E-state index in [1.165, 1.54) is 18.0 Å². The number of ether oxygens (including phenoxy) is 1. The van der Waals surface area contributed by atoms with Crippen LogP contribution >= 0.6 is 11.8 Å². The zero-order valence-corrected chi connectivity index (χ0v) is 15.3. The van der Waals surface area contributed by atoms with Crippen molar-refractivity contribution in [1.82, 2.24) is 15.3 Å². The number of hydrogen-bond donors (Lipinski definition) is 1. The molecular formula is C20H17N3O3S. The molecule has 1 atom stereocenters. The second-order valence-electron chi connectivity index (χ2n) is 5.45. The number of carbonyl (C=O) groups excluding carboxylic acids is 2. The molecular weight excluding hydrogens is 362 g/mol. The van der Waals surface area contributed by atoms with Gasteiger partial charge in [0.25, 0.3) is 5.91 Å². The fraction of sp³-hybridized carbons (Fsp3) is 0.100. The summed E-state index contributed by atoms with van der Waals surface area (Å²) in [5.41, 5.74) is 0.856. The normalized spacial score (nSPS) is 11.4. The maximum absolute atomic E-state index is 12.9. The lowest BCUT2D eigenvalue weighted by Crippen LogP contribution is -2.45. The van der Waals surface area contributed by atoms with Crippen LogP contribution in [0.1, 0.15) is 20.7 Å². The molecule has 0 aliphatic carbocycles. The molecule has 1 unspecified atom stereocenters. The van der Waals surface area contributed by atoms with Crippen LogP contribution < -0.4 is 10.1 Å². The van der Waals surface area contributed by atoms with Gasteiger partial charge in [-0.15, -0.1) is 0 Å². The summed E-state index contributed by atoms with van der Waals surface area (Å²) >= 11 is 1.35. The second kappa shape index (κ2) is 8.95. The summed E-state index contributed by atoms with van der Waals surface area (Å²) in [6.45, 7) is 0. The molecule has 1 N–H and O–H groups in total. The number of amides is 1. The average molecular weight is 379 g/mol. The van der Waals surface area contributed by atoms with Crippen molar-refractivity contribution in [3.8, 4) is 5.88 Å². The molecule has 1 aromatic heterocycles. The second-order valence-corrected chi connectivity index (χ2v) is 6.22. The van der Waals surface area contributed by atoms with Gasteiger partial charge < -0.3 is 10.1 Å². The standard InChI is InChI=1S/C20H17N3O3S/c1-27-20-21-13-12-16(22-20)26-19(17(24)14-8-4-2-5-9-14)23-18(25)15-10-6-3-7-11-15/h2-13,19H,1H3,(H,23,25). The lowest BCUT2D eigenvalue weighted by molar-refractivity contribution is 0.0648. The number of Topliss-reactive ketones (excluding diaryl/α,β-unsaturated/α-hetero) is 1. The first-order valence-electron chi connectivity index (χ1n) is 8.16. The summed E-state index contributed by atoms with van der Waals surface area (Å²) < 4.78 is 5.72. The van der Waals surface area contributed by atoms with Crippen LogP contribution in [0, 0.1) is 0 Å². The Kier molecular flexibility index (Phi) is 6.17. The van der Waals surface area contributed by atoms with E-state index >= 15 is 0 Å². The third kappa shape index (κ3) is 4.92. The van der Waals surface area contributed by atoms with Crippen molar-refractivity contribution in [3.63, 3.8) is 0 Å².